The van der Waals surface area contributed by atoms with E-state index in [1.807, 2.05) is 0 Å². The third kappa shape index (κ3) is 3.53. The summed E-state index contributed by atoms with van der Waals surface area (Å²) in [5, 5.41) is 0. The van der Waals surface area contributed by atoms with Gasteiger partial charge in [0, 0.05) is 18.7 Å². The van der Waals surface area contributed by atoms with Gasteiger partial charge >= 0.3 is 0 Å². The summed E-state index contributed by atoms with van der Waals surface area (Å²) >= 11 is 0. The summed E-state index contributed by atoms with van der Waals surface area (Å²) in [4.78, 5) is 13.9. The van der Waals surface area contributed by atoms with Gasteiger partial charge in [-0.05, 0) is 56.0 Å². The van der Waals surface area contributed by atoms with E-state index in [-0.39, 0.29) is 11.7 Å². The van der Waals surface area contributed by atoms with Crippen molar-refractivity contribution in [1.82, 2.24) is 0 Å². The Morgan fingerprint density at radius 3 is 2.56 bits per heavy atom. The first-order valence-electron chi connectivity index (χ1n) is 6.46. The molecule has 0 spiro atoms. The Hall–Kier alpha value is -1.42. The maximum atomic E-state index is 12.9. The van der Waals surface area contributed by atoms with E-state index in [0.29, 0.717) is 25.4 Å². The molecule has 18 heavy (non-hydrogen) atoms. The normalized spacial score (nSPS) is 14.6. The van der Waals surface area contributed by atoms with Crippen molar-refractivity contribution in [3.8, 4) is 0 Å². The summed E-state index contributed by atoms with van der Waals surface area (Å²) in [7, 11) is 0. The van der Waals surface area contributed by atoms with Crippen molar-refractivity contribution in [2.75, 3.05) is 18.0 Å². The topological polar surface area (TPSA) is 46.3 Å². The third-order valence-corrected chi connectivity index (χ3v) is 3.19. The molecule has 1 aliphatic rings. The minimum absolute atomic E-state index is 0.123. The summed E-state index contributed by atoms with van der Waals surface area (Å²) in [6.07, 6.45) is 3.66. The quantitative estimate of drug-likeness (QED) is 0.842. The highest BCUT2D eigenvalue weighted by atomic mass is 19.1. The number of halogens is 1. The Balaban J connectivity index is 2.07. The van der Waals surface area contributed by atoms with Crippen LogP contribution in [0.1, 0.15) is 25.7 Å². The lowest BCUT2D eigenvalue weighted by Crippen LogP contribution is -2.33. The van der Waals surface area contributed by atoms with Crippen LogP contribution in [0, 0.1) is 11.7 Å². The second-order valence-electron chi connectivity index (χ2n) is 4.81. The summed E-state index contributed by atoms with van der Waals surface area (Å²) in [6.45, 7) is 1.15. The number of carbonyl (C=O) groups excluding carboxylic acids is 1. The number of rotatable bonds is 6. The highest BCUT2D eigenvalue weighted by Gasteiger charge is 2.27. The molecule has 4 heteroatoms. The number of carbonyl (C=O) groups is 1. The minimum atomic E-state index is -0.285. The average Bonchev–Trinajstić information content (AvgIpc) is 3.16. The highest BCUT2D eigenvalue weighted by Crippen LogP contribution is 2.33. The molecule has 3 nitrogen and oxygen atoms in total. The zero-order valence-corrected chi connectivity index (χ0v) is 10.4. The summed E-state index contributed by atoms with van der Waals surface area (Å²) in [5.41, 5.74) is 6.25. The second kappa shape index (κ2) is 5.96. The van der Waals surface area contributed by atoms with Gasteiger partial charge in [0.1, 0.15) is 5.82 Å². The van der Waals surface area contributed by atoms with Gasteiger partial charge in [0.25, 0.3) is 0 Å². The maximum absolute atomic E-state index is 12.9. The molecule has 98 valence electrons. The van der Waals surface area contributed by atoms with E-state index in [2.05, 4.69) is 0 Å². The lowest BCUT2D eigenvalue weighted by atomic mass is 10.2. The first-order chi connectivity index (χ1) is 8.70. The van der Waals surface area contributed by atoms with Crippen LogP contribution in [0.15, 0.2) is 24.3 Å². The van der Waals surface area contributed by atoms with Crippen LogP contribution in [-0.2, 0) is 4.79 Å². The molecular formula is C14H19FN2O. The molecule has 1 aromatic carbocycles. The Morgan fingerprint density at radius 1 is 1.33 bits per heavy atom. The number of nitrogens with zero attached hydrogens (tertiary/aromatic N) is 1. The van der Waals surface area contributed by atoms with Crippen LogP contribution in [0.25, 0.3) is 0 Å². The van der Waals surface area contributed by atoms with Crippen LogP contribution >= 0.6 is 0 Å². The van der Waals surface area contributed by atoms with E-state index in [9.17, 15) is 9.18 Å². The molecule has 2 rings (SSSR count). The van der Waals surface area contributed by atoms with Crippen LogP contribution in [0.4, 0.5) is 10.1 Å². The second-order valence-corrected chi connectivity index (χ2v) is 4.81. The lowest BCUT2D eigenvalue weighted by molar-refractivity contribution is -0.118. The van der Waals surface area contributed by atoms with Crippen molar-refractivity contribution >= 4 is 11.6 Å². The first kappa shape index (κ1) is 13.0. The fourth-order valence-corrected chi connectivity index (χ4v) is 1.95. The SMILES string of the molecule is NCCCN(C(=O)CC1CC1)c1ccc(F)cc1. The van der Waals surface area contributed by atoms with Crippen LogP contribution in [0.3, 0.4) is 0 Å². The fourth-order valence-electron chi connectivity index (χ4n) is 1.95. The zero-order chi connectivity index (χ0) is 13.0. The Labute approximate surface area is 107 Å². The van der Waals surface area contributed by atoms with Gasteiger partial charge in [0.2, 0.25) is 5.91 Å². The van der Waals surface area contributed by atoms with E-state index in [4.69, 9.17) is 5.73 Å². The molecule has 1 fully saturated rings. The van der Waals surface area contributed by atoms with Crippen LogP contribution in [-0.4, -0.2) is 19.0 Å². The van der Waals surface area contributed by atoms with Gasteiger partial charge in [-0.1, -0.05) is 0 Å². The van der Waals surface area contributed by atoms with Gasteiger partial charge in [0.15, 0.2) is 0 Å². The number of hydrogen-bond acceptors (Lipinski definition) is 2. The molecule has 0 bridgehead atoms. The molecule has 0 unspecified atom stereocenters. The molecule has 0 atom stereocenters. The number of anilines is 1. The third-order valence-electron chi connectivity index (χ3n) is 3.19. The van der Waals surface area contributed by atoms with Crippen molar-refractivity contribution in [2.24, 2.45) is 11.7 Å². The molecule has 1 amide bonds. The minimum Gasteiger partial charge on any atom is -0.330 e. The molecule has 0 heterocycles. The van der Waals surface area contributed by atoms with Crippen molar-refractivity contribution in [3.05, 3.63) is 30.1 Å². The highest BCUT2D eigenvalue weighted by molar-refractivity contribution is 5.93. The van der Waals surface area contributed by atoms with Crippen LogP contribution < -0.4 is 10.6 Å². The summed E-state index contributed by atoms with van der Waals surface area (Å²) in [5.74, 6) is 0.392. The van der Waals surface area contributed by atoms with Crippen molar-refractivity contribution < 1.29 is 9.18 Å². The van der Waals surface area contributed by atoms with E-state index < -0.39 is 0 Å². The summed E-state index contributed by atoms with van der Waals surface area (Å²) in [6, 6.07) is 6.07. The van der Waals surface area contributed by atoms with E-state index in [1.165, 1.54) is 12.1 Å². The Morgan fingerprint density at radius 2 is 2.00 bits per heavy atom. The van der Waals surface area contributed by atoms with Gasteiger partial charge in [0.05, 0.1) is 0 Å². The van der Waals surface area contributed by atoms with Gasteiger partial charge in [-0.2, -0.15) is 0 Å². The molecule has 1 saturated carbocycles. The van der Waals surface area contributed by atoms with Crippen molar-refractivity contribution in [2.45, 2.75) is 25.7 Å². The molecule has 2 N–H and O–H groups in total. The standard InChI is InChI=1S/C14H19FN2O/c15-12-4-6-13(7-5-12)17(9-1-8-16)14(18)10-11-2-3-11/h4-7,11H,1-3,8-10,16H2. The monoisotopic (exact) mass is 250 g/mol. The van der Waals surface area contributed by atoms with Gasteiger partial charge in [-0.25, -0.2) is 4.39 Å². The number of amides is 1. The van der Waals surface area contributed by atoms with Gasteiger partial charge in [-0.3, -0.25) is 4.79 Å². The van der Waals surface area contributed by atoms with Crippen LogP contribution in [0.2, 0.25) is 0 Å². The number of hydrogen-bond donors (Lipinski definition) is 1. The number of benzene rings is 1. The van der Waals surface area contributed by atoms with Crippen molar-refractivity contribution in [3.63, 3.8) is 0 Å². The predicted molar refractivity (Wildman–Crippen MR) is 69.8 cm³/mol. The first-order valence-corrected chi connectivity index (χ1v) is 6.46. The molecular weight excluding hydrogens is 231 g/mol. The Kier molecular flexibility index (Phi) is 4.31. The zero-order valence-electron chi connectivity index (χ0n) is 10.4. The molecule has 0 aliphatic heterocycles. The lowest BCUT2D eigenvalue weighted by Gasteiger charge is -2.22. The van der Waals surface area contributed by atoms with Crippen LogP contribution in [0.5, 0.6) is 0 Å². The Bertz CT molecular complexity index is 401. The van der Waals surface area contributed by atoms with E-state index in [1.54, 1.807) is 17.0 Å². The van der Waals surface area contributed by atoms with Gasteiger partial charge in [-0.15, -0.1) is 0 Å². The van der Waals surface area contributed by atoms with Gasteiger partial charge < -0.3 is 10.6 Å². The predicted octanol–water partition coefficient (Wildman–Crippen LogP) is 2.31. The average molecular weight is 250 g/mol. The molecule has 1 aliphatic carbocycles. The molecule has 0 saturated heterocycles. The fraction of sp³-hybridized carbons (Fsp3) is 0.500. The molecule has 1 aromatic rings. The largest absolute Gasteiger partial charge is 0.330 e. The smallest absolute Gasteiger partial charge is 0.227 e. The number of nitrogens with two attached hydrogens (primary N) is 1. The maximum Gasteiger partial charge on any atom is 0.227 e. The summed E-state index contributed by atoms with van der Waals surface area (Å²) < 4.78 is 12.9. The molecule has 0 radical (unpaired) electrons. The van der Waals surface area contributed by atoms with E-state index in [0.717, 1.165) is 24.9 Å². The van der Waals surface area contributed by atoms with Crippen molar-refractivity contribution in [1.29, 1.82) is 0 Å². The molecule has 0 aromatic heterocycles. The van der Waals surface area contributed by atoms with E-state index >= 15 is 0 Å².